The minimum Gasteiger partial charge on any atom is -0.370 e. The Balaban J connectivity index is 2.10. The van der Waals surface area contributed by atoms with Crippen molar-refractivity contribution < 1.29 is 4.79 Å². The number of carbonyl (C=O) groups is 1. The zero-order chi connectivity index (χ0) is 12.4. The lowest BCUT2D eigenvalue weighted by molar-refractivity contribution is -0.118. The Hall–Kier alpha value is -0.910. The molecule has 0 saturated heterocycles. The first-order valence-corrected chi connectivity index (χ1v) is 6.03. The highest BCUT2D eigenvalue weighted by atomic mass is 35.5. The van der Waals surface area contributed by atoms with Gasteiger partial charge in [0.1, 0.15) is 5.15 Å². The van der Waals surface area contributed by atoms with E-state index in [1.807, 2.05) is 0 Å². The maximum absolute atomic E-state index is 10.7. The van der Waals surface area contributed by atoms with E-state index in [0.29, 0.717) is 24.7 Å². The van der Waals surface area contributed by atoms with E-state index in [0.717, 1.165) is 24.2 Å². The molecule has 1 aliphatic rings. The summed E-state index contributed by atoms with van der Waals surface area (Å²) in [4.78, 5) is 20.9. The van der Waals surface area contributed by atoms with E-state index in [1.54, 1.807) is 0 Å². The number of fused-ring (bicyclic) bond motifs is 1. The van der Waals surface area contributed by atoms with Gasteiger partial charge in [0, 0.05) is 38.0 Å². The first kappa shape index (κ1) is 12.5. The van der Waals surface area contributed by atoms with Crippen molar-refractivity contribution in [1.29, 1.82) is 0 Å². The first-order valence-electron chi connectivity index (χ1n) is 5.27. The number of primary amides is 1. The van der Waals surface area contributed by atoms with Crippen molar-refractivity contribution in [3.05, 3.63) is 21.7 Å². The zero-order valence-electron chi connectivity index (χ0n) is 9.12. The highest BCUT2D eigenvalue weighted by Gasteiger charge is 2.21. The molecule has 2 N–H and O–H groups in total. The zero-order valence-corrected chi connectivity index (χ0v) is 10.6. The number of amides is 1. The van der Waals surface area contributed by atoms with E-state index in [4.69, 9.17) is 28.9 Å². The van der Waals surface area contributed by atoms with Crippen molar-refractivity contribution in [3.8, 4) is 0 Å². The van der Waals surface area contributed by atoms with Gasteiger partial charge in [0.25, 0.3) is 0 Å². The average molecular weight is 275 g/mol. The molecule has 7 heteroatoms. The Morgan fingerprint density at radius 3 is 2.88 bits per heavy atom. The molecule has 0 aromatic carbocycles. The number of halogens is 2. The molecule has 92 valence electrons. The van der Waals surface area contributed by atoms with Gasteiger partial charge in [0.05, 0.1) is 5.69 Å². The summed E-state index contributed by atoms with van der Waals surface area (Å²) >= 11 is 11.8. The lowest BCUT2D eigenvalue weighted by Crippen LogP contribution is -2.34. The summed E-state index contributed by atoms with van der Waals surface area (Å²) in [5.41, 5.74) is 6.91. The average Bonchev–Trinajstić information content (AvgIpc) is 2.26. The van der Waals surface area contributed by atoms with Crippen molar-refractivity contribution in [2.45, 2.75) is 19.4 Å². The van der Waals surface area contributed by atoms with Crippen LogP contribution in [0.1, 0.15) is 17.7 Å². The number of aromatic nitrogens is 2. The van der Waals surface area contributed by atoms with Crippen LogP contribution in [0.15, 0.2) is 0 Å². The number of rotatable bonds is 3. The van der Waals surface area contributed by atoms with Crippen molar-refractivity contribution in [1.82, 2.24) is 14.9 Å². The van der Waals surface area contributed by atoms with Crippen molar-refractivity contribution in [2.24, 2.45) is 5.73 Å². The second kappa shape index (κ2) is 5.16. The van der Waals surface area contributed by atoms with Crippen LogP contribution in [0.5, 0.6) is 0 Å². The van der Waals surface area contributed by atoms with Gasteiger partial charge in [-0.2, -0.15) is 0 Å². The van der Waals surface area contributed by atoms with Gasteiger partial charge in [-0.25, -0.2) is 9.97 Å². The van der Waals surface area contributed by atoms with Crippen LogP contribution < -0.4 is 5.73 Å². The van der Waals surface area contributed by atoms with Crippen LogP contribution in [0.4, 0.5) is 0 Å². The molecule has 0 bridgehead atoms. The smallest absolute Gasteiger partial charge is 0.224 e. The maximum Gasteiger partial charge on any atom is 0.224 e. The van der Waals surface area contributed by atoms with Gasteiger partial charge >= 0.3 is 0 Å². The predicted octanol–water partition coefficient (Wildman–Crippen LogP) is 1.02. The summed E-state index contributed by atoms with van der Waals surface area (Å²) in [6, 6.07) is 0. The summed E-state index contributed by atoms with van der Waals surface area (Å²) in [5, 5.41) is 0.572. The molecule has 0 atom stereocenters. The minimum absolute atomic E-state index is 0.180. The normalized spacial score (nSPS) is 15.6. The van der Waals surface area contributed by atoms with Gasteiger partial charge in [-0.3, -0.25) is 9.69 Å². The molecule has 0 unspecified atom stereocenters. The molecule has 2 heterocycles. The molecule has 1 aliphatic heterocycles. The van der Waals surface area contributed by atoms with Crippen LogP contribution >= 0.6 is 23.2 Å². The van der Waals surface area contributed by atoms with Crippen molar-refractivity contribution in [2.75, 3.05) is 13.1 Å². The van der Waals surface area contributed by atoms with Gasteiger partial charge in [0.15, 0.2) is 0 Å². The quantitative estimate of drug-likeness (QED) is 0.660. The van der Waals surface area contributed by atoms with E-state index in [1.165, 1.54) is 0 Å². The Bertz CT molecular complexity index is 452. The topological polar surface area (TPSA) is 72.1 Å². The van der Waals surface area contributed by atoms with Crippen LogP contribution in [0.3, 0.4) is 0 Å². The highest BCUT2D eigenvalue weighted by molar-refractivity contribution is 6.32. The highest BCUT2D eigenvalue weighted by Crippen LogP contribution is 2.24. The molecule has 5 nitrogen and oxygen atoms in total. The fraction of sp³-hybridized carbons (Fsp3) is 0.500. The van der Waals surface area contributed by atoms with Crippen LogP contribution in [0.2, 0.25) is 10.4 Å². The van der Waals surface area contributed by atoms with Crippen LogP contribution in [0, 0.1) is 0 Å². The molecule has 1 aromatic heterocycles. The number of hydrogen-bond donors (Lipinski definition) is 1. The lowest BCUT2D eigenvalue weighted by atomic mass is 10.1. The molecule has 17 heavy (non-hydrogen) atoms. The summed E-state index contributed by atoms with van der Waals surface area (Å²) in [6.45, 7) is 2.09. The number of hydrogen-bond acceptors (Lipinski definition) is 4. The summed E-state index contributed by atoms with van der Waals surface area (Å²) in [5.74, 6) is -0.297. The van der Waals surface area contributed by atoms with E-state index < -0.39 is 0 Å². The molecule has 1 aromatic rings. The van der Waals surface area contributed by atoms with Gasteiger partial charge < -0.3 is 5.73 Å². The largest absolute Gasteiger partial charge is 0.370 e. The van der Waals surface area contributed by atoms with Gasteiger partial charge in [-0.15, -0.1) is 0 Å². The van der Waals surface area contributed by atoms with E-state index in [9.17, 15) is 4.79 Å². The summed E-state index contributed by atoms with van der Waals surface area (Å²) in [6.07, 6.45) is 1.11. The molecular formula is C10H12Cl2N4O. The third-order valence-corrected chi connectivity index (χ3v) is 3.22. The summed E-state index contributed by atoms with van der Waals surface area (Å²) in [7, 11) is 0. The van der Waals surface area contributed by atoms with E-state index in [-0.39, 0.29) is 11.2 Å². The molecule has 0 fully saturated rings. The Labute approximate surface area is 109 Å². The molecule has 0 spiro atoms. The fourth-order valence-electron chi connectivity index (χ4n) is 1.86. The second-order valence-corrected chi connectivity index (χ2v) is 4.65. The number of nitrogens with two attached hydrogens (primary N) is 1. The Morgan fingerprint density at radius 2 is 2.18 bits per heavy atom. The van der Waals surface area contributed by atoms with Gasteiger partial charge in [-0.05, 0) is 11.6 Å². The molecule has 0 saturated carbocycles. The van der Waals surface area contributed by atoms with Crippen molar-refractivity contribution in [3.63, 3.8) is 0 Å². The molecule has 0 aliphatic carbocycles. The van der Waals surface area contributed by atoms with Crippen LogP contribution in [-0.2, 0) is 17.8 Å². The molecular weight excluding hydrogens is 263 g/mol. The van der Waals surface area contributed by atoms with Gasteiger partial charge in [0.2, 0.25) is 11.2 Å². The Morgan fingerprint density at radius 1 is 1.41 bits per heavy atom. The van der Waals surface area contributed by atoms with Crippen LogP contribution in [0.25, 0.3) is 0 Å². The predicted molar refractivity (Wildman–Crippen MR) is 64.8 cm³/mol. The first-order chi connectivity index (χ1) is 8.06. The molecule has 0 radical (unpaired) electrons. The summed E-state index contributed by atoms with van der Waals surface area (Å²) < 4.78 is 0. The van der Waals surface area contributed by atoms with E-state index in [2.05, 4.69) is 14.9 Å². The Kier molecular flexibility index (Phi) is 3.81. The lowest BCUT2D eigenvalue weighted by Gasteiger charge is -2.27. The van der Waals surface area contributed by atoms with Gasteiger partial charge in [-0.1, -0.05) is 11.6 Å². The number of carbonyl (C=O) groups excluding carboxylic acids is 1. The standard InChI is InChI=1S/C10H12Cl2N4O/c11-9-6-5-16(4-2-8(13)17)3-1-7(6)14-10(12)15-9/h1-5H2,(H2,13,17). The molecule has 2 rings (SSSR count). The number of nitrogens with zero attached hydrogens (tertiary/aromatic N) is 3. The second-order valence-electron chi connectivity index (χ2n) is 3.95. The maximum atomic E-state index is 10.7. The third-order valence-electron chi connectivity index (χ3n) is 2.74. The molecule has 1 amide bonds. The monoisotopic (exact) mass is 274 g/mol. The fourth-order valence-corrected chi connectivity index (χ4v) is 2.34. The van der Waals surface area contributed by atoms with Crippen molar-refractivity contribution >= 4 is 29.1 Å². The van der Waals surface area contributed by atoms with E-state index >= 15 is 0 Å². The third kappa shape index (κ3) is 3.06. The minimum atomic E-state index is -0.297. The SMILES string of the molecule is NC(=O)CCN1CCc2nc(Cl)nc(Cl)c2C1. The van der Waals surface area contributed by atoms with Crippen LogP contribution in [-0.4, -0.2) is 33.9 Å².